The van der Waals surface area contributed by atoms with E-state index in [1.165, 1.54) is 11.5 Å². The van der Waals surface area contributed by atoms with Gasteiger partial charge in [0.15, 0.2) is 10.8 Å². The lowest BCUT2D eigenvalue weighted by molar-refractivity contribution is 0.548. The summed E-state index contributed by atoms with van der Waals surface area (Å²) in [6.45, 7) is 1.90. The maximum Gasteiger partial charge on any atom is 0.209 e. The molecule has 0 saturated carbocycles. The van der Waals surface area contributed by atoms with Gasteiger partial charge in [0.05, 0.1) is 0 Å². The largest absolute Gasteiger partial charge is 0.459 e. The first-order valence-electron chi connectivity index (χ1n) is 3.32. The van der Waals surface area contributed by atoms with Crippen LogP contribution in [0.3, 0.4) is 0 Å². The molecule has 0 spiro atoms. The smallest absolute Gasteiger partial charge is 0.209 e. The highest BCUT2D eigenvalue weighted by atomic mass is 79.9. The summed E-state index contributed by atoms with van der Waals surface area (Å²) in [6.07, 6.45) is 0. The van der Waals surface area contributed by atoms with Gasteiger partial charge in [-0.25, -0.2) is 4.98 Å². The highest BCUT2D eigenvalue weighted by Gasteiger charge is 2.07. The van der Waals surface area contributed by atoms with Crippen LogP contribution in [0.2, 0.25) is 0 Å². The standard InChI is InChI=1S/C7H5BrN2OS/c1-4-2-3-5(11-4)6-9-7(8)10-12-6/h2-3H,1H3. The van der Waals surface area contributed by atoms with E-state index in [0.29, 0.717) is 4.73 Å². The Bertz CT molecular complexity index is 357. The molecule has 2 heterocycles. The molecule has 0 aromatic carbocycles. The second kappa shape index (κ2) is 2.99. The van der Waals surface area contributed by atoms with Crippen molar-refractivity contribution in [1.82, 2.24) is 9.36 Å². The summed E-state index contributed by atoms with van der Waals surface area (Å²) in [7, 11) is 0. The van der Waals surface area contributed by atoms with Crippen LogP contribution < -0.4 is 0 Å². The highest BCUT2D eigenvalue weighted by molar-refractivity contribution is 9.10. The van der Waals surface area contributed by atoms with Crippen molar-refractivity contribution in [2.45, 2.75) is 6.92 Å². The van der Waals surface area contributed by atoms with Crippen LogP contribution in [0.1, 0.15) is 5.76 Å². The molecule has 0 unspecified atom stereocenters. The molecule has 5 heteroatoms. The Morgan fingerprint density at radius 3 is 2.83 bits per heavy atom. The van der Waals surface area contributed by atoms with Gasteiger partial charge < -0.3 is 4.42 Å². The summed E-state index contributed by atoms with van der Waals surface area (Å²) in [5.41, 5.74) is 0. The van der Waals surface area contributed by atoms with Crippen LogP contribution in [0, 0.1) is 6.92 Å². The summed E-state index contributed by atoms with van der Waals surface area (Å²) in [4.78, 5) is 4.12. The van der Waals surface area contributed by atoms with E-state index < -0.39 is 0 Å². The predicted molar refractivity (Wildman–Crippen MR) is 50.0 cm³/mol. The highest BCUT2D eigenvalue weighted by Crippen LogP contribution is 2.24. The van der Waals surface area contributed by atoms with Crippen molar-refractivity contribution in [3.8, 4) is 10.8 Å². The Hall–Kier alpha value is -0.680. The van der Waals surface area contributed by atoms with Crippen molar-refractivity contribution in [1.29, 1.82) is 0 Å². The van der Waals surface area contributed by atoms with E-state index in [-0.39, 0.29) is 0 Å². The summed E-state index contributed by atoms with van der Waals surface area (Å²) < 4.78 is 9.97. The van der Waals surface area contributed by atoms with Gasteiger partial charge in [0.25, 0.3) is 0 Å². The molecule has 3 nitrogen and oxygen atoms in total. The first-order chi connectivity index (χ1) is 5.75. The Kier molecular flexibility index (Phi) is 1.98. The van der Waals surface area contributed by atoms with Gasteiger partial charge in [-0.15, -0.1) is 0 Å². The van der Waals surface area contributed by atoms with E-state index in [2.05, 4.69) is 25.3 Å². The number of hydrogen-bond donors (Lipinski definition) is 0. The summed E-state index contributed by atoms with van der Waals surface area (Å²) >= 11 is 4.50. The summed E-state index contributed by atoms with van der Waals surface area (Å²) in [5.74, 6) is 1.66. The minimum Gasteiger partial charge on any atom is -0.459 e. The van der Waals surface area contributed by atoms with Crippen molar-refractivity contribution in [3.05, 3.63) is 22.6 Å². The number of furan rings is 1. The first-order valence-corrected chi connectivity index (χ1v) is 4.88. The van der Waals surface area contributed by atoms with Crippen LogP contribution in [-0.2, 0) is 0 Å². The second-order valence-corrected chi connectivity index (χ2v) is 3.74. The summed E-state index contributed by atoms with van der Waals surface area (Å²) in [6, 6.07) is 3.80. The molecule has 2 aromatic rings. The Labute approximate surface area is 81.7 Å². The van der Waals surface area contributed by atoms with Gasteiger partial charge in [-0.1, -0.05) is 0 Å². The van der Waals surface area contributed by atoms with E-state index in [0.717, 1.165) is 16.5 Å². The third kappa shape index (κ3) is 1.42. The van der Waals surface area contributed by atoms with Gasteiger partial charge in [-0.3, -0.25) is 0 Å². The lowest BCUT2D eigenvalue weighted by atomic mass is 10.4. The van der Waals surface area contributed by atoms with E-state index >= 15 is 0 Å². The van der Waals surface area contributed by atoms with Crippen LogP contribution in [0.5, 0.6) is 0 Å². The number of nitrogens with zero attached hydrogens (tertiary/aromatic N) is 2. The zero-order valence-corrected chi connectivity index (χ0v) is 8.65. The minimum absolute atomic E-state index is 0.608. The van der Waals surface area contributed by atoms with Crippen LogP contribution in [0.15, 0.2) is 21.3 Å². The maximum atomic E-state index is 5.37. The third-order valence-electron chi connectivity index (χ3n) is 1.35. The Morgan fingerprint density at radius 1 is 1.50 bits per heavy atom. The molecule has 12 heavy (non-hydrogen) atoms. The van der Waals surface area contributed by atoms with Crippen molar-refractivity contribution < 1.29 is 4.42 Å². The van der Waals surface area contributed by atoms with Crippen LogP contribution >= 0.6 is 27.5 Å². The van der Waals surface area contributed by atoms with Crippen molar-refractivity contribution in [3.63, 3.8) is 0 Å². The molecular weight excluding hydrogens is 240 g/mol. The van der Waals surface area contributed by atoms with E-state index in [4.69, 9.17) is 4.42 Å². The lowest BCUT2D eigenvalue weighted by Gasteiger charge is -1.84. The van der Waals surface area contributed by atoms with Gasteiger partial charge >= 0.3 is 0 Å². The van der Waals surface area contributed by atoms with Crippen LogP contribution in [0.25, 0.3) is 10.8 Å². The average Bonchev–Trinajstić information content (AvgIpc) is 2.58. The SMILES string of the molecule is Cc1ccc(-c2nc(Br)ns2)o1. The molecular formula is C7H5BrN2OS. The Balaban J connectivity index is 2.43. The minimum atomic E-state index is 0.608. The quantitative estimate of drug-likeness (QED) is 0.775. The number of halogens is 1. The molecule has 62 valence electrons. The maximum absolute atomic E-state index is 5.37. The van der Waals surface area contributed by atoms with Crippen molar-refractivity contribution in [2.75, 3.05) is 0 Å². The van der Waals surface area contributed by atoms with E-state index in [9.17, 15) is 0 Å². The van der Waals surface area contributed by atoms with Gasteiger partial charge in [0.1, 0.15) is 5.76 Å². The molecule has 0 amide bonds. The molecule has 0 radical (unpaired) electrons. The lowest BCUT2D eigenvalue weighted by Crippen LogP contribution is -1.69. The van der Waals surface area contributed by atoms with Gasteiger partial charge in [0.2, 0.25) is 4.73 Å². The van der Waals surface area contributed by atoms with Crippen molar-refractivity contribution >= 4 is 27.5 Å². The molecule has 0 aliphatic rings. The molecule has 2 rings (SSSR count). The number of hydrogen-bond acceptors (Lipinski definition) is 4. The molecule has 0 atom stereocenters. The average molecular weight is 245 g/mol. The molecule has 0 saturated heterocycles. The van der Waals surface area contributed by atoms with E-state index in [1.54, 1.807) is 0 Å². The molecule has 0 aliphatic heterocycles. The molecule has 0 N–H and O–H groups in total. The zero-order valence-electron chi connectivity index (χ0n) is 6.24. The monoisotopic (exact) mass is 244 g/mol. The molecule has 2 aromatic heterocycles. The molecule has 0 fully saturated rings. The second-order valence-electron chi connectivity index (χ2n) is 2.28. The fraction of sp³-hybridized carbons (Fsp3) is 0.143. The predicted octanol–water partition coefficient (Wildman–Crippen LogP) is 2.87. The van der Waals surface area contributed by atoms with Gasteiger partial charge in [-0.05, 0) is 46.5 Å². The van der Waals surface area contributed by atoms with E-state index in [1.807, 2.05) is 19.1 Å². The summed E-state index contributed by atoms with van der Waals surface area (Å²) in [5, 5.41) is 0.801. The zero-order chi connectivity index (χ0) is 8.55. The topological polar surface area (TPSA) is 38.9 Å². The fourth-order valence-electron chi connectivity index (χ4n) is 0.855. The van der Waals surface area contributed by atoms with Crippen LogP contribution in [-0.4, -0.2) is 9.36 Å². The van der Waals surface area contributed by atoms with Gasteiger partial charge in [-0.2, -0.15) is 4.37 Å². The van der Waals surface area contributed by atoms with Crippen molar-refractivity contribution in [2.24, 2.45) is 0 Å². The number of aryl methyl sites for hydroxylation is 1. The molecule has 0 bridgehead atoms. The van der Waals surface area contributed by atoms with Gasteiger partial charge in [0, 0.05) is 0 Å². The third-order valence-corrected chi connectivity index (χ3v) is 2.67. The fourth-order valence-corrected chi connectivity index (χ4v) is 1.90. The van der Waals surface area contributed by atoms with Crippen LogP contribution in [0.4, 0.5) is 0 Å². The number of rotatable bonds is 1. The Morgan fingerprint density at radius 2 is 2.33 bits per heavy atom. The number of aromatic nitrogens is 2. The first kappa shape index (κ1) is 7.94. The normalized spacial score (nSPS) is 10.5. The molecule has 0 aliphatic carbocycles.